The first-order chi connectivity index (χ1) is 13.0. The lowest BCUT2D eigenvalue weighted by atomic mass is 10.2. The van der Waals surface area contributed by atoms with Crippen LogP contribution in [0.3, 0.4) is 0 Å². The quantitative estimate of drug-likeness (QED) is 0.782. The molecule has 146 valence electrons. The Labute approximate surface area is 159 Å². The van der Waals surface area contributed by atoms with Gasteiger partial charge in [0.1, 0.15) is 11.6 Å². The summed E-state index contributed by atoms with van der Waals surface area (Å²) in [5.41, 5.74) is 0. The minimum Gasteiger partial charge on any atom is -0.497 e. The molecule has 1 unspecified atom stereocenters. The standard InChI is InChI=1S/C18H25N5O3S/c1-21-11-9-17-19-20-18(22(17)13-12-21)16-4-3-10-23(16)27(24,25)15-7-5-14(26-2)6-8-15/h5-8,16H,3-4,9-13H2,1-2H3. The van der Waals surface area contributed by atoms with Gasteiger partial charge in [-0.2, -0.15) is 4.31 Å². The van der Waals surface area contributed by atoms with Gasteiger partial charge in [-0.25, -0.2) is 8.42 Å². The van der Waals surface area contributed by atoms with Crippen LogP contribution in [0.2, 0.25) is 0 Å². The number of ether oxygens (including phenoxy) is 1. The van der Waals surface area contributed by atoms with Gasteiger partial charge in [0.25, 0.3) is 0 Å². The van der Waals surface area contributed by atoms with E-state index >= 15 is 0 Å². The van der Waals surface area contributed by atoms with Gasteiger partial charge in [-0.05, 0) is 44.2 Å². The van der Waals surface area contributed by atoms with Gasteiger partial charge in [0.15, 0.2) is 5.82 Å². The normalized spacial score (nSPS) is 21.8. The number of fused-ring (bicyclic) bond motifs is 1. The smallest absolute Gasteiger partial charge is 0.243 e. The van der Waals surface area contributed by atoms with Crippen molar-refractivity contribution in [2.24, 2.45) is 0 Å². The Balaban J connectivity index is 1.66. The van der Waals surface area contributed by atoms with E-state index in [2.05, 4.69) is 26.7 Å². The second-order valence-electron chi connectivity index (χ2n) is 7.13. The van der Waals surface area contributed by atoms with Gasteiger partial charge in [0.2, 0.25) is 10.0 Å². The lowest BCUT2D eigenvalue weighted by molar-refractivity contribution is 0.330. The van der Waals surface area contributed by atoms with E-state index in [1.54, 1.807) is 35.7 Å². The number of aromatic nitrogens is 3. The second kappa shape index (κ2) is 7.21. The van der Waals surface area contributed by atoms with Crippen molar-refractivity contribution in [1.82, 2.24) is 24.0 Å². The number of sulfonamides is 1. The first-order valence-corrected chi connectivity index (χ1v) is 10.7. The Kier molecular flexibility index (Phi) is 4.92. The highest BCUT2D eigenvalue weighted by Gasteiger charge is 2.39. The van der Waals surface area contributed by atoms with Gasteiger partial charge in [-0.1, -0.05) is 0 Å². The average molecular weight is 391 g/mol. The zero-order valence-electron chi connectivity index (χ0n) is 15.7. The molecule has 8 nitrogen and oxygen atoms in total. The summed E-state index contributed by atoms with van der Waals surface area (Å²) in [5.74, 6) is 2.36. The molecule has 1 fully saturated rings. The predicted molar refractivity (Wildman–Crippen MR) is 100 cm³/mol. The molecule has 0 radical (unpaired) electrons. The molecular formula is C18H25N5O3S. The summed E-state index contributed by atoms with van der Waals surface area (Å²) in [7, 11) is 0.0577. The zero-order chi connectivity index (χ0) is 19.0. The lowest BCUT2D eigenvalue weighted by Crippen LogP contribution is -2.32. The third kappa shape index (κ3) is 3.35. The lowest BCUT2D eigenvalue weighted by Gasteiger charge is -2.24. The molecule has 1 atom stereocenters. The largest absolute Gasteiger partial charge is 0.497 e. The van der Waals surface area contributed by atoms with Gasteiger partial charge >= 0.3 is 0 Å². The van der Waals surface area contributed by atoms with Crippen molar-refractivity contribution in [3.63, 3.8) is 0 Å². The highest BCUT2D eigenvalue weighted by atomic mass is 32.2. The maximum atomic E-state index is 13.2. The Morgan fingerprint density at radius 3 is 2.59 bits per heavy atom. The molecule has 0 spiro atoms. The Hall–Kier alpha value is -1.97. The summed E-state index contributed by atoms with van der Waals surface area (Å²) in [4.78, 5) is 2.55. The van der Waals surface area contributed by atoms with Crippen LogP contribution in [0.5, 0.6) is 5.75 Å². The summed E-state index contributed by atoms with van der Waals surface area (Å²) >= 11 is 0. The highest BCUT2D eigenvalue weighted by Crippen LogP contribution is 2.36. The van der Waals surface area contributed by atoms with E-state index in [1.807, 2.05) is 0 Å². The summed E-state index contributed by atoms with van der Waals surface area (Å²) in [6.07, 6.45) is 2.42. The van der Waals surface area contributed by atoms with Crippen LogP contribution in [-0.2, 0) is 23.0 Å². The van der Waals surface area contributed by atoms with Crippen LogP contribution in [0.1, 0.15) is 30.5 Å². The summed E-state index contributed by atoms with van der Waals surface area (Å²) in [5, 5.41) is 8.76. The second-order valence-corrected chi connectivity index (χ2v) is 9.02. The molecule has 2 aromatic rings. The van der Waals surface area contributed by atoms with E-state index in [4.69, 9.17) is 4.74 Å². The summed E-state index contributed by atoms with van der Waals surface area (Å²) < 4.78 is 35.3. The monoisotopic (exact) mass is 391 g/mol. The van der Waals surface area contributed by atoms with E-state index in [0.717, 1.165) is 50.5 Å². The number of hydrogen-bond acceptors (Lipinski definition) is 6. The van der Waals surface area contributed by atoms with Gasteiger partial charge in [-0.15, -0.1) is 10.2 Å². The fraction of sp³-hybridized carbons (Fsp3) is 0.556. The number of benzene rings is 1. The molecule has 0 amide bonds. The molecule has 0 N–H and O–H groups in total. The third-order valence-corrected chi connectivity index (χ3v) is 7.37. The number of hydrogen-bond donors (Lipinski definition) is 0. The van der Waals surface area contributed by atoms with Gasteiger partial charge in [0.05, 0.1) is 18.0 Å². The van der Waals surface area contributed by atoms with E-state index in [9.17, 15) is 8.42 Å². The minimum atomic E-state index is -3.60. The molecule has 1 aromatic heterocycles. The van der Waals surface area contributed by atoms with Gasteiger partial charge < -0.3 is 14.2 Å². The van der Waals surface area contributed by atoms with Crippen LogP contribution in [0, 0.1) is 0 Å². The van der Waals surface area contributed by atoms with Crippen LogP contribution in [0.15, 0.2) is 29.2 Å². The van der Waals surface area contributed by atoms with Crippen molar-refractivity contribution in [1.29, 1.82) is 0 Å². The van der Waals surface area contributed by atoms with Crippen molar-refractivity contribution < 1.29 is 13.2 Å². The van der Waals surface area contributed by atoms with Crippen molar-refractivity contribution >= 4 is 10.0 Å². The number of nitrogens with zero attached hydrogens (tertiary/aromatic N) is 5. The molecule has 1 aromatic carbocycles. The van der Waals surface area contributed by atoms with Crippen LogP contribution < -0.4 is 4.74 Å². The van der Waals surface area contributed by atoms with Crippen molar-refractivity contribution in [2.75, 3.05) is 33.8 Å². The average Bonchev–Trinajstić information content (AvgIpc) is 3.27. The van der Waals surface area contributed by atoms with Crippen molar-refractivity contribution in [3.05, 3.63) is 35.9 Å². The molecule has 9 heteroatoms. The molecule has 3 heterocycles. The molecule has 0 bridgehead atoms. The molecule has 4 rings (SSSR count). The fourth-order valence-electron chi connectivity index (χ4n) is 3.87. The van der Waals surface area contributed by atoms with E-state index in [0.29, 0.717) is 12.3 Å². The maximum absolute atomic E-state index is 13.2. The van der Waals surface area contributed by atoms with Crippen LogP contribution in [0.4, 0.5) is 0 Å². The summed E-state index contributed by atoms with van der Waals surface area (Å²) in [6, 6.07) is 6.29. The Morgan fingerprint density at radius 2 is 1.85 bits per heavy atom. The molecule has 2 aliphatic heterocycles. The fourth-order valence-corrected chi connectivity index (χ4v) is 5.52. The van der Waals surface area contributed by atoms with E-state index in [-0.39, 0.29) is 10.9 Å². The third-order valence-electron chi connectivity index (χ3n) is 5.45. The first-order valence-electron chi connectivity index (χ1n) is 9.27. The maximum Gasteiger partial charge on any atom is 0.243 e. The number of rotatable bonds is 4. The first kappa shape index (κ1) is 18.4. The molecule has 0 aliphatic carbocycles. The molecule has 0 saturated carbocycles. The molecule has 27 heavy (non-hydrogen) atoms. The Morgan fingerprint density at radius 1 is 1.07 bits per heavy atom. The van der Waals surface area contributed by atoms with Gasteiger partial charge in [0, 0.05) is 32.6 Å². The number of methoxy groups -OCH3 is 1. The van der Waals surface area contributed by atoms with Crippen molar-refractivity contribution in [3.8, 4) is 5.75 Å². The van der Waals surface area contributed by atoms with E-state index in [1.165, 1.54) is 0 Å². The predicted octanol–water partition coefficient (Wildman–Crippen LogP) is 1.30. The summed E-state index contributed by atoms with van der Waals surface area (Å²) in [6.45, 7) is 3.15. The highest BCUT2D eigenvalue weighted by molar-refractivity contribution is 7.89. The van der Waals surface area contributed by atoms with Crippen LogP contribution in [-0.4, -0.2) is 66.2 Å². The van der Waals surface area contributed by atoms with Gasteiger partial charge in [-0.3, -0.25) is 0 Å². The molecule has 2 aliphatic rings. The van der Waals surface area contributed by atoms with Crippen LogP contribution >= 0.6 is 0 Å². The SMILES string of the molecule is COc1ccc(S(=O)(=O)N2CCCC2c2nnc3n2CCN(C)CC3)cc1. The zero-order valence-corrected chi connectivity index (χ0v) is 16.5. The van der Waals surface area contributed by atoms with Crippen molar-refractivity contribution in [2.45, 2.75) is 36.7 Å². The van der Waals surface area contributed by atoms with Crippen LogP contribution in [0.25, 0.3) is 0 Å². The molecule has 1 saturated heterocycles. The number of likely N-dealkylation sites (N-methyl/N-ethyl adjacent to an activating group) is 1. The Bertz CT molecular complexity index is 910. The minimum absolute atomic E-state index is 0.262. The molecular weight excluding hydrogens is 366 g/mol. The van der Waals surface area contributed by atoms with E-state index < -0.39 is 10.0 Å². The topological polar surface area (TPSA) is 80.6 Å².